The van der Waals surface area contributed by atoms with Crippen molar-refractivity contribution in [2.45, 2.75) is 18.8 Å². The van der Waals surface area contributed by atoms with Crippen molar-refractivity contribution in [3.63, 3.8) is 0 Å². The zero-order valence-electron chi connectivity index (χ0n) is 15.5. The summed E-state index contributed by atoms with van der Waals surface area (Å²) in [6, 6.07) is 13.1. The van der Waals surface area contributed by atoms with E-state index in [1.807, 2.05) is 11.0 Å². The van der Waals surface area contributed by atoms with Crippen molar-refractivity contribution in [3.8, 4) is 17.2 Å². The van der Waals surface area contributed by atoms with Gasteiger partial charge in [0.05, 0.1) is 13.0 Å². The average molecular weight is 381 g/mol. The van der Waals surface area contributed by atoms with Crippen molar-refractivity contribution in [1.82, 2.24) is 15.1 Å². The van der Waals surface area contributed by atoms with E-state index in [9.17, 15) is 9.18 Å². The molecule has 1 saturated heterocycles. The Morgan fingerprint density at radius 3 is 2.82 bits per heavy atom. The van der Waals surface area contributed by atoms with Crippen molar-refractivity contribution < 1.29 is 18.3 Å². The first-order valence-corrected chi connectivity index (χ1v) is 9.16. The fraction of sp³-hybridized carbons (Fsp3) is 0.286. The van der Waals surface area contributed by atoms with Crippen LogP contribution in [0.15, 0.2) is 52.9 Å². The summed E-state index contributed by atoms with van der Waals surface area (Å²) in [6.45, 7) is 1.20. The fourth-order valence-corrected chi connectivity index (χ4v) is 3.41. The van der Waals surface area contributed by atoms with Crippen LogP contribution in [-0.2, 0) is 0 Å². The number of carbonyl (C=O) groups is 1. The van der Waals surface area contributed by atoms with Gasteiger partial charge in [0.1, 0.15) is 11.6 Å². The molecule has 0 radical (unpaired) electrons. The highest BCUT2D eigenvalue weighted by Crippen LogP contribution is 2.29. The lowest BCUT2D eigenvalue weighted by molar-refractivity contribution is 0.0698. The molecule has 1 atom stereocenters. The van der Waals surface area contributed by atoms with E-state index in [1.165, 1.54) is 12.1 Å². The minimum absolute atomic E-state index is 0.0231. The van der Waals surface area contributed by atoms with E-state index in [2.05, 4.69) is 10.2 Å². The van der Waals surface area contributed by atoms with Gasteiger partial charge in [-0.3, -0.25) is 4.79 Å². The zero-order chi connectivity index (χ0) is 19.5. The second kappa shape index (κ2) is 7.80. The maximum absolute atomic E-state index is 13.1. The number of carbonyl (C=O) groups excluding carboxylic acids is 1. The van der Waals surface area contributed by atoms with E-state index >= 15 is 0 Å². The maximum Gasteiger partial charge on any atom is 0.254 e. The number of amides is 1. The number of piperidine rings is 1. The van der Waals surface area contributed by atoms with Crippen LogP contribution in [0.3, 0.4) is 0 Å². The molecule has 4 rings (SSSR count). The lowest BCUT2D eigenvalue weighted by Crippen LogP contribution is -2.39. The van der Waals surface area contributed by atoms with Gasteiger partial charge in [-0.15, -0.1) is 10.2 Å². The summed E-state index contributed by atoms with van der Waals surface area (Å²) in [4.78, 5) is 14.7. The summed E-state index contributed by atoms with van der Waals surface area (Å²) in [7, 11) is 1.58. The van der Waals surface area contributed by atoms with Gasteiger partial charge in [-0.1, -0.05) is 6.07 Å². The van der Waals surface area contributed by atoms with E-state index in [-0.39, 0.29) is 17.6 Å². The Hall–Kier alpha value is -3.22. The van der Waals surface area contributed by atoms with Crippen LogP contribution in [0.5, 0.6) is 5.75 Å². The third kappa shape index (κ3) is 3.74. The zero-order valence-corrected chi connectivity index (χ0v) is 15.5. The number of rotatable bonds is 4. The maximum atomic E-state index is 13.1. The van der Waals surface area contributed by atoms with Gasteiger partial charge in [-0.2, -0.15) is 0 Å². The van der Waals surface area contributed by atoms with Crippen LogP contribution in [-0.4, -0.2) is 41.2 Å². The summed E-state index contributed by atoms with van der Waals surface area (Å²) in [5.74, 6) is 1.13. The fourth-order valence-electron chi connectivity index (χ4n) is 3.41. The minimum Gasteiger partial charge on any atom is -0.497 e. The number of halogens is 1. The van der Waals surface area contributed by atoms with Gasteiger partial charge in [-0.05, 0) is 55.3 Å². The van der Waals surface area contributed by atoms with E-state index in [4.69, 9.17) is 9.15 Å². The van der Waals surface area contributed by atoms with Crippen LogP contribution in [0.4, 0.5) is 4.39 Å². The third-order valence-corrected chi connectivity index (χ3v) is 4.91. The monoisotopic (exact) mass is 381 g/mol. The Bertz CT molecular complexity index is 971. The molecule has 6 nitrogen and oxygen atoms in total. The molecule has 0 bridgehead atoms. The Morgan fingerprint density at radius 2 is 2.04 bits per heavy atom. The Balaban J connectivity index is 1.49. The summed E-state index contributed by atoms with van der Waals surface area (Å²) in [5.41, 5.74) is 1.26. The molecule has 1 fully saturated rings. The van der Waals surface area contributed by atoms with Crippen molar-refractivity contribution >= 4 is 5.91 Å². The Morgan fingerprint density at radius 1 is 1.21 bits per heavy atom. The molecule has 0 aliphatic carbocycles. The largest absolute Gasteiger partial charge is 0.497 e. The van der Waals surface area contributed by atoms with Gasteiger partial charge in [0.2, 0.25) is 11.8 Å². The van der Waals surface area contributed by atoms with Gasteiger partial charge in [0.25, 0.3) is 5.91 Å². The van der Waals surface area contributed by atoms with Gasteiger partial charge in [-0.25, -0.2) is 4.39 Å². The van der Waals surface area contributed by atoms with Crippen molar-refractivity contribution in [2.75, 3.05) is 20.2 Å². The predicted molar refractivity (Wildman–Crippen MR) is 101 cm³/mol. The number of benzene rings is 2. The van der Waals surface area contributed by atoms with E-state index in [0.717, 1.165) is 12.8 Å². The second-order valence-corrected chi connectivity index (χ2v) is 6.77. The second-order valence-electron chi connectivity index (χ2n) is 6.77. The number of hydrogen-bond donors (Lipinski definition) is 0. The molecule has 2 aromatic carbocycles. The van der Waals surface area contributed by atoms with E-state index in [1.54, 1.807) is 37.4 Å². The first kappa shape index (κ1) is 18.2. The van der Waals surface area contributed by atoms with Crippen LogP contribution in [0.2, 0.25) is 0 Å². The standard InChI is InChI=1S/C21H20FN3O3/c1-27-18-6-2-4-15(12-18)21(26)25-11-3-5-16(13-25)20-24-23-19(28-20)14-7-9-17(22)10-8-14/h2,4,6-10,12,16H,3,5,11,13H2,1H3. The Kier molecular flexibility index (Phi) is 5.06. The molecular formula is C21H20FN3O3. The summed E-state index contributed by atoms with van der Waals surface area (Å²) in [5, 5.41) is 8.25. The molecule has 28 heavy (non-hydrogen) atoms. The number of hydrogen-bond acceptors (Lipinski definition) is 5. The molecule has 144 valence electrons. The van der Waals surface area contributed by atoms with Crippen LogP contribution in [0, 0.1) is 5.82 Å². The molecule has 1 aliphatic rings. The molecule has 0 saturated carbocycles. The van der Waals surface area contributed by atoms with Crippen molar-refractivity contribution in [3.05, 3.63) is 65.8 Å². The van der Waals surface area contributed by atoms with E-state index in [0.29, 0.717) is 41.7 Å². The first-order valence-electron chi connectivity index (χ1n) is 9.16. The molecule has 1 aliphatic heterocycles. The predicted octanol–water partition coefficient (Wildman–Crippen LogP) is 3.90. The van der Waals surface area contributed by atoms with Gasteiger partial charge in [0, 0.05) is 24.2 Å². The molecule has 1 unspecified atom stereocenters. The van der Waals surface area contributed by atoms with Gasteiger partial charge in [0.15, 0.2) is 0 Å². The van der Waals surface area contributed by atoms with Gasteiger partial charge < -0.3 is 14.1 Å². The molecule has 0 N–H and O–H groups in total. The molecule has 2 heterocycles. The lowest BCUT2D eigenvalue weighted by Gasteiger charge is -2.31. The van der Waals surface area contributed by atoms with E-state index < -0.39 is 0 Å². The normalized spacial score (nSPS) is 16.8. The topological polar surface area (TPSA) is 68.5 Å². The first-order chi connectivity index (χ1) is 13.6. The number of aromatic nitrogens is 2. The highest BCUT2D eigenvalue weighted by atomic mass is 19.1. The molecule has 7 heteroatoms. The van der Waals surface area contributed by atoms with Crippen molar-refractivity contribution in [2.24, 2.45) is 0 Å². The molecule has 3 aromatic rings. The van der Waals surface area contributed by atoms with Crippen molar-refractivity contribution in [1.29, 1.82) is 0 Å². The highest BCUT2D eigenvalue weighted by Gasteiger charge is 2.29. The Labute approximate surface area is 161 Å². The van der Waals surface area contributed by atoms with Crippen LogP contribution in [0.25, 0.3) is 11.5 Å². The number of likely N-dealkylation sites (tertiary alicyclic amines) is 1. The lowest BCUT2D eigenvalue weighted by atomic mass is 9.97. The number of methoxy groups -OCH3 is 1. The van der Waals surface area contributed by atoms with Crippen LogP contribution in [0.1, 0.15) is 35.0 Å². The molecular weight excluding hydrogens is 361 g/mol. The smallest absolute Gasteiger partial charge is 0.254 e. The van der Waals surface area contributed by atoms with Crippen LogP contribution < -0.4 is 4.74 Å². The average Bonchev–Trinajstić information content (AvgIpc) is 3.24. The van der Waals surface area contributed by atoms with Gasteiger partial charge >= 0.3 is 0 Å². The molecule has 1 aromatic heterocycles. The summed E-state index contributed by atoms with van der Waals surface area (Å²) in [6.07, 6.45) is 1.72. The minimum atomic E-state index is -0.317. The highest BCUT2D eigenvalue weighted by molar-refractivity contribution is 5.94. The third-order valence-electron chi connectivity index (χ3n) is 4.91. The van der Waals surface area contributed by atoms with Crippen LogP contribution >= 0.6 is 0 Å². The SMILES string of the molecule is COc1cccc(C(=O)N2CCCC(c3nnc(-c4ccc(F)cc4)o3)C2)c1. The summed E-state index contributed by atoms with van der Waals surface area (Å²) < 4.78 is 24.1. The quantitative estimate of drug-likeness (QED) is 0.686. The summed E-state index contributed by atoms with van der Waals surface area (Å²) >= 11 is 0. The number of nitrogens with zero attached hydrogens (tertiary/aromatic N) is 3. The number of ether oxygens (including phenoxy) is 1. The molecule has 0 spiro atoms. The molecule has 1 amide bonds.